The lowest BCUT2D eigenvalue weighted by Crippen LogP contribution is -2.45. The lowest BCUT2D eigenvalue weighted by atomic mass is 10.2. The van der Waals surface area contributed by atoms with Gasteiger partial charge in [0.25, 0.3) is 5.91 Å². The van der Waals surface area contributed by atoms with Crippen molar-refractivity contribution in [2.75, 3.05) is 31.6 Å². The normalized spacial score (nSPS) is 15.8. The van der Waals surface area contributed by atoms with Crippen molar-refractivity contribution >= 4 is 11.6 Å². The number of ether oxygens (including phenoxy) is 2. The first-order valence-corrected chi connectivity index (χ1v) is 7.66. The maximum Gasteiger partial charge on any atom is 0.264 e. The van der Waals surface area contributed by atoms with Crippen LogP contribution in [-0.2, 0) is 4.79 Å². The molecule has 1 heterocycles. The Morgan fingerprint density at radius 1 is 1.13 bits per heavy atom. The number of carbonyl (C=O) groups excluding carboxylic acids is 1. The topological polar surface area (TPSA) is 50.8 Å². The summed E-state index contributed by atoms with van der Waals surface area (Å²) < 4.78 is 11.2. The monoisotopic (exact) mass is 312 g/mol. The van der Waals surface area contributed by atoms with Crippen LogP contribution in [0, 0.1) is 0 Å². The minimum absolute atomic E-state index is 0.152. The van der Waals surface area contributed by atoms with Gasteiger partial charge in [-0.1, -0.05) is 30.3 Å². The molecule has 1 amide bonds. The van der Waals surface area contributed by atoms with Crippen LogP contribution < -0.4 is 19.7 Å². The number of rotatable bonds is 5. The molecule has 120 valence electrons. The minimum Gasteiger partial charge on any atom is -0.485 e. The predicted octanol–water partition coefficient (Wildman–Crippen LogP) is 2.08. The minimum atomic E-state index is -0.605. The van der Waals surface area contributed by atoms with E-state index in [0.717, 1.165) is 12.2 Å². The van der Waals surface area contributed by atoms with Crippen LogP contribution >= 0.6 is 0 Å². The predicted molar refractivity (Wildman–Crippen MR) is 89.1 cm³/mol. The first-order chi connectivity index (χ1) is 11.2. The van der Waals surface area contributed by atoms with E-state index in [2.05, 4.69) is 10.2 Å². The molecule has 2 aromatic rings. The standard InChI is InChI=1S/C18H20N2O3/c1-20(14-7-3-2-4-8-14)12-11-19-18(21)17-13-22-15-9-5-6-10-16(15)23-17/h2-10,17H,11-13H2,1H3,(H,19,21)/t17-/m0/s1. The molecule has 1 aliphatic rings. The maximum absolute atomic E-state index is 12.2. The number of para-hydroxylation sites is 3. The highest BCUT2D eigenvalue weighted by molar-refractivity contribution is 5.81. The molecule has 5 nitrogen and oxygen atoms in total. The fraction of sp³-hybridized carbons (Fsp3) is 0.278. The molecule has 0 aromatic heterocycles. The zero-order valence-electron chi connectivity index (χ0n) is 13.1. The average Bonchev–Trinajstić information content (AvgIpc) is 2.61. The third-order valence-corrected chi connectivity index (χ3v) is 3.74. The smallest absolute Gasteiger partial charge is 0.264 e. The quantitative estimate of drug-likeness (QED) is 0.918. The van der Waals surface area contributed by atoms with Gasteiger partial charge in [-0.15, -0.1) is 0 Å². The van der Waals surface area contributed by atoms with Gasteiger partial charge in [-0.05, 0) is 24.3 Å². The summed E-state index contributed by atoms with van der Waals surface area (Å²) in [5.74, 6) is 1.14. The molecule has 2 aromatic carbocycles. The van der Waals surface area contributed by atoms with Gasteiger partial charge in [-0.3, -0.25) is 4.79 Å². The Morgan fingerprint density at radius 3 is 2.61 bits per heavy atom. The Hall–Kier alpha value is -2.69. The summed E-state index contributed by atoms with van der Waals surface area (Å²) in [6.45, 7) is 1.50. The second kappa shape index (κ2) is 7.05. The van der Waals surface area contributed by atoms with Gasteiger partial charge in [-0.2, -0.15) is 0 Å². The number of likely N-dealkylation sites (N-methyl/N-ethyl adjacent to an activating group) is 1. The van der Waals surface area contributed by atoms with Gasteiger partial charge < -0.3 is 19.7 Å². The average molecular weight is 312 g/mol. The van der Waals surface area contributed by atoms with E-state index in [4.69, 9.17) is 9.47 Å². The van der Waals surface area contributed by atoms with Gasteiger partial charge in [0.05, 0.1) is 0 Å². The number of anilines is 1. The Morgan fingerprint density at radius 2 is 1.83 bits per heavy atom. The highest BCUT2D eigenvalue weighted by atomic mass is 16.6. The largest absolute Gasteiger partial charge is 0.485 e. The second-order valence-corrected chi connectivity index (χ2v) is 5.41. The molecule has 0 aliphatic carbocycles. The van der Waals surface area contributed by atoms with Crippen molar-refractivity contribution in [1.29, 1.82) is 0 Å². The van der Waals surface area contributed by atoms with Gasteiger partial charge in [0, 0.05) is 25.8 Å². The SMILES string of the molecule is CN(CCNC(=O)[C@@H]1COc2ccccc2O1)c1ccccc1. The molecular formula is C18H20N2O3. The van der Waals surface area contributed by atoms with Crippen molar-refractivity contribution < 1.29 is 14.3 Å². The Balaban J connectivity index is 1.47. The molecule has 0 fully saturated rings. The van der Waals surface area contributed by atoms with Crippen LogP contribution in [0.4, 0.5) is 5.69 Å². The van der Waals surface area contributed by atoms with Crippen LogP contribution in [0.3, 0.4) is 0 Å². The van der Waals surface area contributed by atoms with Crippen LogP contribution in [0.5, 0.6) is 11.5 Å². The van der Waals surface area contributed by atoms with E-state index in [-0.39, 0.29) is 12.5 Å². The number of fused-ring (bicyclic) bond motifs is 1. The first kappa shape index (κ1) is 15.2. The molecule has 23 heavy (non-hydrogen) atoms. The van der Waals surface area contributed by atoms with Gasteiger partial charge in [-0.25, -0.2) is 0 Å². The molecule has 0 saturated carbocycles. The molecule has 0 spiro atoms. The fourth-order valence-corrected chi connectivity index (χ4v) is 2.42. The summed E-state index contributed by atoms with van der Waals surface area (Å²) >= 11 is 0. The van der Waals surface area contributed by atoms with E-state index in [1.165, 1.54) is 0 Å². The van der Waals surface area contributed by atoms with E-state index in [1.807, 2.05) is 55.6 Å². The molecule has 0 unspecified atom stereocenters. The lowest BCUT2D eigenvalue weighted by molar-refractivity contribution is -0.130. The number of carbonyl (C=O) groups is 1. The van der Waals surface area contributed by atoms with Crippen molar-refractivity contribution in [3.05, 3.63) is 54.6 Å². The zero-order chi connectivity index (χ0) is 16.1. The third kappa shape index (κ3) is 3.74. The van der Waals surface area contributed by atoms with Crippen molar-refractivity contribution in [2.24, 2.45) is 0 Å². The van der Waals surface area contributed by atoms with Crippen molar-refractivity contribution in [2.45, 2.75) is 6.10 Å². The van der Waals surface area contributed by atoms with E-state index >= 15 is 0 Å². The number of hydrogen-bond donors (Lipinski definition) is 1. The van der Waals surface area contributed by atoms with Crippen LogP contribution in [-0.4, -0.2) is 38.8 Å². The van der Waals surface area contributed by atoms with E-state index in [1.54, 1.807) is 6.07 Å². The first-order valence-electron chi connectivity index (χ1n) is 7.66. The molecule has 1 aliphatic heterocycles. The van der Waals surface area contributed by atoms with E-state index in [9.17, 15) is 4.79 Å². The Kier molecular flexibility index (Phi) is 4.66. The Labute approximate surface area is 135 Å². The van der Waals surface area contributed by atoms with Crippen LogP contribution in [0.2, 0.25) is 0 Å². The number of hydrogen-bond acceptors (Lipinski definition) is 4. The highest BCUT2D eigenvalue weighted by Crippen LogP contribution is 2.30. The number of benzene rings is 2. The summed E-state index contributed by atoms with van der Waals surface area (Å²) in [5.41, 5.74) is 1.12. The maximum atomic E-state index is 12.2. The molecular weight excluding hydrogens is 292 g/mol. The summed E-state index contributed by atoms with van der Waals surface area (Å²) in [6, 6.07) is 17.4. The summed E-state index contributed by atoms with van der Waals surface area (Å²) in [6.07, 6.45) is -0.605. The Bertz CT molecular complexity index is 660. The van der Waals surface area contributed by atoms with Crippen LogP contribution in [0.1, 0.15) is 0 Å². The molecule has 0 radical (unpaired) electrons. The van der Waals surface area contributed by atoms with Gasteiger partial charge >= 0.3 is 0 Å². The molecule has 0 saturated heterocycles. The third-order valence-electron chi connectivity index (χ3n) is 3.74. The number of nitrogens with one attached hydrogen (secondary N) is 1. The summed E-state index contributed by atoms with van der Waals surface area (Å²) in [5, 5.41) is 2.90. The summed E-state index contributed by atoms with van der Waals surface area (Å²) in [4.78, 5) is 14.3. The molecule has 1 N–H and O–H groups in total. The number of nitrogens with zero attached hydrogens (tertiary/aromatic N) is 1. The van der Waals surface area contributed by atoms with E-state index < -0.39 is 6.10 Å². The van der Waals surface area contributed by atoms with Gasteiger partial charge in [0.1, 0.15) is 6.61 Å². The van der Waals surface area contributed by atoms with Crippen LogP contribution in [0.25, 0.3) is 0 Å². The van der Waals surface area contributed by atoms with Crippen LogP contribution in [0.15, 0.2) is 54.6 Å². The molecule has 1 atom stereocenters. The lowest BCUT2D eigenvalue weighted by Gasteiger charge is -2.26. The molecule has 0 bridgehead atoms. The van der Waals surface area contributed by atoms with Crippen molar-refractivity contribution in [3.8, 4) is 11.5 Å². The number of amides is 1. The second-order valence-electron chi connectivity index (χ2n) is 5.41. The van der Waals surface area contributed by atoms with Gasteiger partial charge in [0.15, 0.2) is 11.5 Å². The van der Waals surface area contributed by atoms with Gasteiger partial charge in [0.2, 0.25) is 6.10 Å². The molecule has 3 rings (SSSR count). The van der Waals surface area contributed by atoms with E-state index in [0.29, 0.717) is 18.0 Å². The zero-order valence-corrected chi connectivity index (χ0v) is 13.1. The summed E-state index contributed by atoms with van der Waals surface area (Å²) in [7, 11) is 2.00. The molecule has 5 heteroatoms. The highest BCUT2D eigenvalue weighted by Gasteiger charge is 2.26. The van der Waals surface area contributed by atoms with Crippen molar-refractivity contribution in [1.82, 2.24) is 5.32 Å². The van der Waals surface area contributed by atoms with Crippen molar-refractivity contribution in [3.63, 3.8) is 0 Å². The fourth-order valence-electron chi connectivity index (χ4n) is 2.42.